The van der Waals surface area contributed by atoms with Crippen molar-refractivity contribution in [2.45, 2.75) is 103 Å². The first-order valence-corrected chi connectivity index (χ1v) is 27.4. The van der Waals surface area contributed by atoms with Gasteiger partial charge in [0.15, 0.2) is 16.8 Å². The van der Waals surface area contributed by atoms with Crippen LogP contribution in [0.15, 0.2) is 71.7 Å². The number of hydrogen-bond acceptors (Lipinski definition) is 14. The van der Waals surface area contributed by atoms with E-state index in [0.29, 0.717) is 64.0 Å². The van der Waals surface area contributed by atoms with Crippen LogP contribution >= 0.6 is 11.3 Å². The smallest absolute Gasteiger partial charge is 0.314 e. The zero-order valence-corrected chi connectivity index (χ0v) is 42.5. The Labute approximate surface area is 420 Å². The monoisotopic (exact) mass is 1010 g/mol. The summed E-state index contributed by atoms with van der Waals surface area (Å²) < 4.78 is 36.0. The predicted molar refractivity (Wildman–Crippen MR) is 276 cm³/mol. The topological polar surface area (TPSA) is 221 Å². The third kappa shape index (κ3) is 9.07. The summed E-state index contributed by atoms with van der Waals surface area (Å²) in [5.41, 5.74) is 5.76. The summed E-state index contributed by atoms with van der Waals surface area (Å²) in [6.45, 7) is 4.74. The molecule has 374 valence electrons. The van der Waals surface area contributed by atoms with E-state index in [1.807, 2.05) is 56.3 Å². The van der Waals surface area contributed by atoms with E-state index >= 15 is 0 Å². The third-order valence-corrected chi connectivity index (χ3v) is 17.9. The van der Waals surface area contributed by atoms with Crippen molar-refractivity contribution in [2.24, 2.45) is 30.2 Å². The summed E-state index contributed by atoms with van der Waals surface area (Å²) in [6, 6.07) is 18.1. The average molecular weight is 1010 g/mol. The first-order valence-electron chi connectivity index (χ1n) is 24.9. The second-order valence-corrected chi connectivity index (χ2v) is 23.6. The SMILES string of the molecule is Cc1cc(N(C)c2ccc(-c3cnn(CC45CC6CC(CC(C6)C4)C5)c3C)c(C(=O)NS(=O)(=O)CCCCCc3cccc4c3n(C)c(=O)n4C3CCC(=O)NC3=O)n2)nnc1Nc1nc2ccccc2s1. The van der Waals surface area contributed by atoms with Crippen LogP contribution < -0.4 is 25.9 Å². The minimum atomic E-state index is -4.12. The van der Waals surface area contributed by atoms with E-state index < -0.39 is 27.9 Å². The highest BCUT2D eigenvalue weighted by atomic mass is 32.2. The number of nitrogens with zero attached hydrogens (tertiary/aromatic N) is 9. The molecule has 12 rings (SSSR count). The number of piperidine rings is 1. The van der Waals surface area contributed by atoms with Crippen LogP contribution in [0.5, 0.6) is 0 Å². The maximum atomic E-state index is 14.4. The standard InChI is InChI=1S/C52H58N12O6S2/c1-30-21-43(58-59-47(30)57-50-54-38-13-7-8-15-41(38)71-50)61(3)42-18-16-36(37-28-53-63(31(37)2)29-52-25-32-22-33(26-52)24-34(23-32)27-52)45(55-42)49(67)60-72(69,70)20-9-5-6-11-35-12-10-14-39-46(35)62(4)51(68)64(39)40-17-19-44(65)56-48(40)66/h7-8,10,12-16,18,21,28,32-34,40H,5-6,9,11,17,19-20,22-27,29H2,1-4H3,(H,60,67)(H,54,57,59)(H,56,65,66). The summed E-state index contributed by atoms with van der Waals surface area (Å²) >= 11 is 1.52. The number of fused-ring (bicyclic) bond motifs is 2. The van der Waals surface area contributed by atoms with Crippen LogP contribution in [0.1, 0.15) is 104 Å². The van der Waals surface area contributed by atoms with E-state index in [9.17, 15) is 27.6 Å². The predicted octanol–water partition coefficient (Wildman–Crippen LogP) is 7.79. The molecule has 1 atom stereocenters. The Kier molecular flexibility index (Phi) is 12.3. The van der Waals surface area contributed by atoms with Crippen LogP contribution in [0.4, 0.5) is 22.6 Å². The highest BCUT2D eigenvalue weighted by Crippen LogP contribution is 2.60. The van der Waals surface area contributed by atoms with Gasteiger partial charge in [0.2, 0.25) is 21.8 Å². The number of carbonyl (C=O) groups is 3. The number of nitrogens with one attached hydrogen (secondary N) is 3. The van der Waals surface area contributed by atoms with Gasteiger partial charge in [-0.1, -0.05) is 42.0 Å². The summed E-state index contributed by atoms with van der Waals surface area (Å²) in [6.07, 6.45) is 11.8. The van der Waals surface area contributed by atoms with Crippen LogP contribution in [0.2, 0.25) is 0 Å². The molecule has 0 spiro atoms. The highest BCUT2D eigenvalue weighted by Gasteiger charge is 2.51. The fraction of sp³-hybridized carbons (Fsp3) is 0.442. The van der Waals surface area contributed by atoms with Gasteiger partial charge in [-0.25, -0.2) is 27.9 Å². The minimum Gasteiger partial charge on any atom is -0.314 e. The Bertz CT molecular complexity index is 3420. The van der Waals surface area contributed by atoms with Crippen LogP contribution in [0.3, 0.4) is 0 Å². The number of carbonyl (C=O) groups excluding carboxylic acids is 3. The van der Waals surface area contributed by atoms with Gasteiger partial charge in [-0.05, 0) is 149 Å². The number of rotatable bonds is 16. The molecule has 7 aromatic rings. The molecular formula is C52H58N12O6S2. The Hall–Kier alpha value is -6.80. The molecule has 5 fully saturated rings. The second-order valence-electron chi connectivity index (χ2n) is 20.7. The van der Waals surface area contributed by atoms with Gasteiger partial charge < -0.3 is 10.2 Å². The summed E-state index contributed by atoms with van der Waals surface area (Å²) in [5.74, 6) is 1.74. The number of unbranched alkanes of at least 4 members (excludes halogenated alkanes) is 2. The van der Waals surface area contributed by atoms with Crippen molar-refractivity contribution in [3.8, 4) is 11.1 Å². The number of imide groups is 1. The van der Waals surface area contributed by atoms with E-state index in [0.717, 1.165) is 51.3 Å². The lowest BCUT2D eigenvalue weighted by molar-refractivity contribution is -0.135. The van der Waals surface area contributed by atoms with Crippen LogP contribution in [0, 0.1) is 37.0 Å². The Morgan fingerprint density at radius 2 is 1.67 bits per heavy atom. The molecule has 3 amide bonds. The summed E-state index contributed by atoms with van der Waals surface area (Å²) in [5, 5.41) is 20.2. The average Bonchev–Trinajstić information content (AvgIpc) is 4.00. The zero-order chi connectivity index (χ0) is 50.1. The molecule has 5 aliphatic rings. The second kappa shape index (κ2) is 18.7. The van der Waals surface area contributed by atoms with Gasteiger partial charge in [0.1, 0.15) is 17.6 Å². The molecule has 4 aliphatic carbocycles. The lowest BCUT2D eigenvalue weighted by atomic mass is 9.49. The largest absolute Gasteiger partial charge is 0.329 e. The number of amides is 3. The Morgan fingerprint density at radius 1 is 0.903 bits per heavy atom. The normalized spacial score (nSPS) is 21.7. The molecule has 4 bridgehead atoms. The van der Waals surface area contributed by atoms with Crippen molar-refractivity contribution in [3.63, 3.8) is 0 Å². The quantitative estimate of drug-likeness (QED) is 0.0622. The number of aromatic nitrogens is 8. The Morgan fingerprint density at radius 3 is 2.40 bits per heavy atom. The van der Waals surface area contributed by atoms with Crippen molar-refractivity contribution in [1.82, 2.24) is 49.1 Å². The zero-order valence-electron chi connectivity index (χ0n) is 40.9. The molecular weight excluding hydrogens is 953 g/mol. The summed E-state index contributed by atoms with van der Waals surface area (Å²) in [7, 11) is -0.691. The molecule has 2 aromatic carbocycles. The van der Waals surface area contributed by atoms with Crippen LogP contribution in [0.25, 0.3) is 32.4 Å². The summed E-state index contributed by atoms with van der Waals surface area (Å²) in [4.78, 5) is 63.7. The first-order chi connectivity index (χ1) is 34.6. The van der Waals surface area contributed by atoms with Gasteiger partial charge in [0, 0.05) is 43.9 Å². The van der Waals surface area contributed by atoms with Gasteiger partial charge in [-0.15, -0.1) is 10.2 Å². The van der Waals surface area contributed by atoms with Crippen molar-refractivity contribution in [1.29, 1.82) is 0 Å². The number of para-hydroxylation sites is 2. The van der Waals surface area contributed by atoms with E-state index in [1.54, 1.807) is 43.4 Å². The van der Waals surface area contributed by atoms with Crippen molar-refractivity contribution in [3.05, 3.63) is 99.9 Å². The van der Waals surface area contributed by atoms with E-state index in [4.69, 9.17) is 10.1 Å². The molecule has 72 heavy (non-hydrogen) atoms. The van der Waals surface area contributed by atoms with Gasteiger partial charge >= 0.3 is 5.69 Å². The maximum Gasteiger partial charge on any atom is 0.329 e. The molecule has 6 heterocycles. The lowest BCUT2D eigenvalue weighted by Gasteiger charge is -2.56. The van der Waals surface area contributed by atoms with Crippen LogP contribution in [-0.4, -0.2) is 78.0 Å². The number of benzene rings is 2. The van der Waals surface area contributed by atoms with Crippen LogP contribution in [-0.2, 0) is 39.6 Å². The van der Waals surface area contributed by atoms with Gasteiger partial charge in [0.25, 0.3) is 5.91 Å². The molecule has 1 saturated heterocycles. The van der Waals surface area contributed by atoms with E-state index in [2.05, 4.69) is 35.2 Å². The Balaban J connectivity index is 0.808. The number of imidazole rings is 1. The lowest BCUT2D eigenvalue weighted by Crippen LogP contribution is -2.48. The van der Waals surface area contributed by atoms with Crippen molar-refractivity contribution in [2.75, 3.05) is 23.0 Å². The van der Waals surface area contributed by atoms with Gasteiger partial charge in [-0.3, -0.25) is 33.5 Å². The van der Waals surface area contributed by atoms with E-state index in [-0.39, 0.29) is 47.7 Å². The molecule has 5 aromatic heterocycles. The molecule has 4 saturated carbocycles. The van der Waals surface area contributed by atoms with Gasteiger partial charge in [-0.2, -0.15) is 5.10 Å². The third-order valence-electron chi connectivity index (χ3n) is 15.6. The number of thiazole rings is 1. The molecule has 1 aliphatic heterocycles. The number of aryl methyl sites for hydroxylation is 3. The van der Waals surface area contributed by atoms with Crippen molar-refractivity contribution < 1.29 is 22.8 Å². The van der Waals surface area contributed by atoms with Gasteiger partial charge in [0.05, 0.1) is 33.2 Å². The maximum absolute atomic E-state index is 14.4. The first kappa shape index (κ1) is 47.5. The fourth-order valence-electron chi connectivity index (χ4n) is 12.6. The number of pyridine rings is 1. The highest BCUT2D eigenvalue weighted by molar-refractivity contribution is 7.90. The molecule has 18 nitrogen and oxygen atoms in total. The number of anilines is 4. The fourth-order valence-corrected chi connectivity index (χ4v) is 14.5. The molecule has 3 N–H and O–H groups in total. The van der Waals surface area contributed by atoms with Crippen molar-refractivity contribution >= 4 is 82.9 Å². The van der Waals surface area contributed by atoms with E-state index in [1.165, 1.54) is 59.0 Å². The molecule has 1 unspecified atom stereocenters. The number of sulfonamides is 1. The molecule has 0 radical (unpaired) electrons. The molecule has 20 heteroatoms. The number of hydrogen-bond donors (Lipinski definition) is 3. The minimum absolute atomic E-state index is 0.0536.